The predicted molar refractivity (Wildman–Crippen MR) is 121 cm³/mol. The summed E-state index contributed by atoms with van der Waals surface area (Å²) in [5, 5.41) is 23.0. The van der Waals surface area contributed by atoms with E-state index in [2.05, 4.69) is 5.32 Å². The first-order valence-corrected chi connectivity index (χ1v) is 10.4. The van der Waals surface area contributed by atoms with E-state index in [0.29, 0.717) is 27.9 Å². The fraction of sp³-hybridized carbons (Fsp3) is 0.240. The Morgan fingerprint density at radius 2 is 1.61 bits per heavy atom. The molecule has 8 heteroatoms. The number of carbonyl (C=O) groups is 2. The van der Waals surface area contributed by atoms with Crippen LogP contribution in [-0.4, -0.2) is 22.1 Å². The van der Waals surface area contributed by atoms with Crippen LogP contribution in [0.2, 0.25) is 0 Å². The third kappa shape index (κ3) is 4.19. The number of amides is 1. The van der Waals surface area contributed by atoms with Gasteiger partial charge in [0.2, 0.25) is 5.91 Å². The molecule has 33 heavy (non-hydrogen) atoms. The number of benzene rings is 2. The van der Waals surface area contributed by atoms with E-state index in [-0.39, 0.29) is 18.6 Å². The van der Waals surface area contributed by atoms with Crippen molar-refractivity contribution < 1.29 is 28.6 Å². The van der Waals surface area contributed by atoms with Gasteiger partial charge < -0.3 is 24.4 Å². The van der Waals surface area contributed by atoms with E-state index in [1.807, 2.05) is 19.9 Å². The SMILES string of the molecule is Cc1oc2cc3oc(=O)c(CCC(=O)N[C@@H](C(=O)O)c4ccc(O)cc4)c(C)c3cc2c1C. The van der Waals surface area contributed by atoms with Gasteiger partial charge in [0.05, 0.1) is 0 Å². The third-order valence-corrected chi connectivity index (χ3v) is 5.96. The Morgan fingerprint density at radius 3 is 2.27 bits per heavy atom. The minimum Gasteiger partial charge on any atom is -0.508 e. The van der Waals surface area contributed by atoms with Crippen LogP contribution in [0.1, 0.15) is 40.5 Å². The summed E-state index contributed by atoms with van der Waals surface area (Å²) in [5.74, 6) is -0.971. The standard InChI is InChI=1S/C25H23NO7/c1-12-14(3)32-20-11-21-19(10-18(12)20)13(2)17(25(31)33-21)8-9-22(28)26-23(24(29)30)15-4-6-16(27)7-5-15/h4-7,10-11,23,27H,8-9H2,1-3H3,(H,26,28)(H,29,30)/t23-/m1/s1. The van der Waals surface area contributed by atoms with Gasteiger partial charge in [0.1, 0.15) is 22.7 Å². The van der Waals surface area contributed by atoms with Crippen LogP contribution >= 0.6 is 0 Å². The van der Waals surface area contributed by atoms with E-state index in [0.717, 1.165) is 22.1 Å². The monoisotopic (exact) mass is 449 g/mol. The summed E-state index contributed by atoms with van der Waals surface area (Å²) in [7, 11) is 0. The van der Waals surface area contributed by atoms with E-state index in [1.165, 1.54) is 24.3 Å². The fourth-order valence-corrected chi connectivity index (χ4v) is 3.94. The zero-order valence-corrected chi connectivity index (χ0v) is 18.4. The molecule has 0 bridgehead atoms. The average Bonchev–Trinajstić information content (AvgIpc) is 3.04. The lowest BCUT2D eigenvalue weighted by atomic mass is 10.00. The van der Waals surface area contributed by atoms with E-state index in [4.69, 9.17) is 8.83 Å². The zero-order chi connectivity index (χ0) is 23.9. The summed E-state index contributed by atoms with van der Waals surface area (Å²) in [6, 6.07) is 7.90. The molecule has 170 valence electrons. The summed E-state index contributed by atoms with van der Waals surface area (Å²) in [4.78, 5) is 36.8. The predicted octanol–water partition coefficient (Wildman–Crippen LogP) is 4.04. The maximum absolute atomic E-state index is 12.6. The molecule has 2 aromatic carbocycles. The van der Waals surface area contributed by atoms with Gasteiger partial charge in [-0.15, -0.1) is 0 Å². The highest BCUT2D eigenvalue weighted by atomic mass is 16.4. The van der Waals surface area contributed by atoms with Gasteiger partial charge >= 0.3 is 11.6 Å². The number of nitrogens with one attached hydrogen (secondary N) is 1. The molecule has 0 aliphatic rings. The van der Waals surface area contributed by atoms with Gasteiger partial charge in [-0.25, -0.2) is 9.59 Å². The Morgan fingerprint density at radius 1 is 0.970 bits per heavy atom. The molecule has 0 saturated carbocycles. The molecule has 0 spiro atoms. The van der Waals surface area contributed by atoms with Gasteiger partial charge in [-0.3, -0.25) is 4.79 Å². The molecule has 4 aromatic rings. The molecule has 0 aliphatic carbocycles. The topological polar surface area (TPSA) is 130 Å². The smallest absolute Gasteiger partial charge is 0.339 e. The Kier molecular flexibility index (Phi) is 5.68. The number of hydrogen-bond donors (Lipinski definition) is 3. The molecule has 0 aliphatic heterocycles. The highest BCUT2D eigenvalue weighted by molar-refractivity contribution is 5.96. The van der Waals surface area contributed by atoms with Crippen molar-refractivity contribution in [3.8, 4) is 5.75 Å². The quantitative estimate of drug-likeness (QED) is 0.379. The second kappa shape index (κ2) is 8.46. The van der Waals surface area contributed by atoms with Gasteiger partial charge in [-0.1, -0.05) is 12.1 Å². The van der Waals surface area contributed by atoms with Crippen LogP contribution in [0, 0.1) is 20.8 Å². The van der Waals surface area contributed by atoms with Crippen LogP contribution in [0.3, 0.4) is 0 Å². The van der Waals surface area contributed by atoms with Crippen LogP contribution < -0.4 is 10.9 Å². The van der Waals surface area contributed by atoms with E-state index in [9.17, 15) is 24.6 Å². The summed E-state index contributed by atoms with van der Waals surface area (Å²) in [5.41, 5.74) is 2.91. The molecule has 0 radical (unpaired) electrons. The molecular weight excluding hydrogens is 426 g/mol. The Hall–Kier alpha value is -4.07. The van der Waals surface area contributed by atoms with Gasteiger partial charge in [-0.05, 0) is 62.1 Å². The van der Waals surface area contributed by atoms with Crippen molar-refractivity contribution in [1.29, 1.82) is 0 Å². The Balaban J connectivity index is 1.58. The highest BCUT2D eigenvalue weighted by Gasteiger charge is 2.23. The van der Waals surface area contributed by atoms with Gasteiger partial charge in [0, 0.05) is 28.8 Å². The van der Waals surface area contributed by atoms with Crippen molar-refractivity contribution in [3.05, 3.63) is 74.8 Å². The first-order chi connectivity index (χ1) is 15.7. The number of phenolic OH excluding ortho intramolecular Hbond substituents is 1. The largest absolute Gasteiger partial charge is 0.508 e. The fourth-order valence-electron chi connectivity index (χ4n) is 3.94. The number of rotatable bonds is 6. The number of carboxylic acid groups (broad SMARTS) is 1. The summed E-state index contributed by atoms with van der Waals surface area (Å²) >= 11 is 0. The third-order valence-electron chi connectivity index (χ3n) is 5.96. The Labute approximate surface area is 188 Å². The van der Waals surface area contributed by atoms with E-state index in [1.54, 1.807) is 13.0 Å². The lowest BCUT2D eigenvalue weighted by molar-refractivity contribution is -0.142. The molecule has 1 atom stereocenters. The number of aryl methyl sites for hydroxylation is 3. The molecule has 2 heterocycles. The summed E-state index contributed by atoms with van der Waals surface area (Å²) in [6.45, 7) is 5.63. The molecule has 8 nitrogen and oxygen atoms in total. The molecule has 0 unspecified atom stereocenters. The minimum absolute atomic E-state index is 0.00855. The summed E-state index contributed by atoms with van der Waals surface area (Å²) in [6.07, 6.45) is 0.00432. The van der Waals surface area contributed by atoms with E-state index >= 15 is 0 Å². The van der Waals surface area contributed by atoms with Gasteiger partial charge in [0.15, 0.2) is 6.04 Å². The molecule has 4 rings (SSSR count). The molecular formula is C25H23NO7. The van der Waals surface area contributed by atoms with Crippen LogP contribution in [0.4, 0.5) is 0 Å². The molecule has 0 fully saturated rings. The second-order valence-electron chi connectivity index (χ2n) is 8.05. The minimum atomic E-state index is -1.27. The number of aliphatic carboxylic acids is 1. The van der Waals surface area contributed by atoms with Crippen LogP contribution in [0.15, 0.2) is 50.0 Å². The van der Waals surface area contributed by atoms with Crippen molar-refractivity contribution in [3.63, 3.8) is 0 Å². The second-order valence-corrected chi connectivity index (χ2v) is 8.05. The first kappa shape index (κ1) is 22.1. The number of carboxylic acids is 1. The van der Waals surface area contributed by atoms with Crippen molar-refractivity contribution in [1.82, 2.24) is 5.32 Å². The number of aromatic hydroxyl groups is 1. The van der Waals surface area contributed by atoms with Crippen LogP contribution in [0.25, 0.3) is 21.9 Å². The number of phenols is 1. The average molecular weight is 449 g/mol. The van der Waals surface area contributed by atoms with Crippen molar-refractivity contribution in [2.75, 3.05) is 0 Å². The number of fused-ring (bicyclic) bond motifs is 2. The molecule has 2 aromatic heterocycles. The number of hydrogen-bond acceptors (Lipinski definition) is 6. The van der Waals surface area contributed by atoms with Gasteiger partial charge in [-0.2, -0.15) is 0 Å². The normalized spacial score (nSPS) is 12.2. The maximum atomic E-state index is 12.6. The van der Waals surface area contributed by atoms with Crippen LogP contribution in [-0.2, 0) is 16.0 Å². The molecule has 1 amide bonds. The number of furan rings is 1. The van der Waals surface area contributed by atoms with Crippen molar-refractivity contribution >= 4 is 33.8 Å². The first-order valence-electron chi connectivity index (χ1n) is 10.4. The molecule has 3 N–H and O–H groups in total. The van der Waals surface area contributed by atoms with Crippen LogP contribution in [0.5, 0.6) is 5.75 Å². The lowest BCUT2D eigenvalue weighted by Gasteiger charge is -2.15. The summed E-state index contributed by atoms with van der Waals surface area (Å²) < 4.78 is 11.2. The lowest BCUT2D eigenvalue weighted by Crippen LogP contribution is -2.34. The maximum Gasteiger partial charge on any atom is 0.339 e. The number of carbonyl (C=O) groups excluding carboxylic acids is 1. The molecule has 0 saturated heterocycles. The van der Waals surface area contributed by atoms with Gasteiger partial charge in [0.25, 0.3) is 0 Å². The Bertz CT molecular complexity index is 1440. The zero-order valence-electron chi connectivity index (χ0n) is 18.4. The highest BCUT2D eigenvalue weighted by Crippen LogP contribution is 2.31. The van der Waals surface area contributed by atoms with E-state index < -0.39 is 23.5 Å². The van der Waals surface area contributed by atoms with Crippen molar-refractivity contribution in [2.24, 2.45) is 0 Å². The van der Waals surface area contributed by atoms with Crippen molar-refractivity contribution in [2.45, 2.75) is 39.7 Å².